The Bertz CT molecular complexity index is 686. The maximum Gasteiger partial charge on any atom is 0.321 e. The number of thiazole rings is 1. The van der Waals surface area contributed by atoms with Gasteiger partial charge in [0.1, 0.15) is 0 Å². The Balaban J connectivity index is 1.89. The molecule has 0 saturated heterocycles. The Morgan fingerprint density at radius 1 is 1.35 bits per heavy atom. The zero-order chi connectivity index (χ0) is 16.8. The van der Waals surface area contributed by atoms with Crippen molar-refractivity contribution in [1.82, 2.24) is 9.88 Å². The van der Waals surface area contributed by atoms with Crippen molar-refractivity contribution in [1.29, 1.82) is 0 Å². The molecule has 2 amide bonds. The largest absolute Gasteiger partial charge is 0.481 e. The highest BCUT2D eigenvalue weighted by atomic mass is 32.2. The zero-order valence-electron chi connectivity index (χ0n) is 12.8. The summed E-state index contributed by atoms with van der Waals surface area (Å²) in [7, 11) is 1.56. The maximum atomic E-state index is 11.9. The predicted molar refractivity (Wildman–Crippen MR) is 91.3 cm³/mol. The van der Waals surface area contributed by atoms with E-state index in [0.29, 0.717) is 5.69 Å². The van der Waals surface area contributed by atoms with E-state index in [1.54, 1.807) is 30.1 Å². The van der Waals surface area contributed by atoms with Crippen LogP contribution in [0.4, 0.5) is 10.5 Å². The summed E-state index contributed by atoms with van der Waals surface area (Å²) in [5.41, 5.74) is 1.67. The third kappa shape index (κ3) is 5.57. The van der Waals surface area contributed by atoms with Crippen LogP contribution in [0.15, 0.2) is 38.9 Å². The summed E-state index contributed by atoms with van der Waals surface area (Å²) in [6.45, 7) is 2.12. The van der Waals surface area contributed by atoms with E-state index in [9.17, 15) is 9.59 Å². The van der Waals surface area contributed by atoms with Crippen molar-refractivity contribution in [2.45, 2.75) is 22.6 Å². The molecular formula is C15H17N3O3S2. The number of carbonyl (C=O) groups is 2. The number of nitrogens with zero attached hydrogens (tertiary/aromatic N) is 2. The van der Waals surface area contributed by atoms with Gasteiger partial charge < -0.3 is 15.3 Å². The normalized spacial score (nSPS) is 10.3. The van der Waals surface area contributed by atoms with Gasteiger partial charge in [-0.05, 0) is 31.2 Å². The zero-order valence-corrected chi connectivity index (χ0v) is 14.4. The lowest BCUT2D eigenvalue weighted by Crippen LogP contribution is -2.33. The molecule has 1 aromatic carbocycles. The van der Waals surface area contributed by atoms with Crippen LogP contribution in [0.2, 0.25) is 0 Å². The average Bonchev–Trinajstić information content (AvgIpc) is 2.91. The average molecular weight is 351 g/mol. The summed E-state index contributed by atoms with van der Waals surface area (Å²) >= 11 is 3.17. The first-order chi connectivity index (χ1) is 10.9. The number of hydrogen-bond acceptors (Lipinski definition) is 5. The Morgan fingerprint density at radius 3 is 2.61 bits per heavy atom. The monoisotopic (exact) mass is 351 g/mol. The number of nitrogens with one attached hydrogen (secondary N) is 1. The minimum atomic E-state index is -0.927. The van der Waals surface area contributed by atoms with E-state index in [0.717, 1.165) is 14.9 Å². The highest BCUT2D eigenvalue weighted by Gasteiger charge is 2.10. The van der Waals surface area contributed by atoms with Gasteiger partial charge in [-0.2, -0.15) is 0 Å². The van der Waals surface area contributed by atoms with Crippen molar-refractivity contribution in [3.05, 3.63) is 35.3 Å². The second kappa shape index (κ2) is 7.98. The number of rotatable bonds is 6. The van der Waals surface area contributed by atoms with Crippen molar-refractivity contribution in [2.24, 2.45) is 0 Å². The van der Waals surface area contributed by atoms with Crippen LogP contribution in [0.5, 0.6) is 0 Å². The van der Waals surface area contributed by atoms with Gasteiger partial charge >= 0.3 is 12.0 Å². The Labute approximate surface area is 142 Å². The first kappa shape index (κ1) is 17.3. The first-order valence-electron chi connectivity index (χ1n) is 6.88. The fraction of sp³-hybridized carbons (Fsp3) is 0.267. The molecule has 2 aromatic rings. The second-order valence-electron chi connectivity index (χ2n) is 4.88. The fourth-order valence-corrected chi connectivity index (χ4v) is 3.48. The highest BCUT2D eigenvalue weighted by Crippen LogP contribution is 2.30. The lowest BCUT2D eigenvalue weighted by molar-refractivity contribution is -0.137. The number of hydrogen-bond donors (Lipinski definition) is 2. The lowest BCUT2D eigenvalue weighted by atomic mass is 10.3. The summed E-state index contributed by atoms with van der Waals surface area (Å²) in [5.74, 6) is -0.927. The number of carboxylic acids is 1. The number of aryl methyl sites for hydroxylation is 1. The van der Waals surface area contributed by atoms with Crippen LogP contribution in [0, 0.1) is 6.92 Å². The molecule has 0 aliphatic carbocycles. The summed E-state index contributed by atoms with van der Waals surface area (Å²) < 4.78 is 0.979. The van der Waals surface area contributed by atoms with Crippen LogP contribution in [-0.4, -0.2) is 40.6 Å². The number of carbonyl (C=O) groups excluding carboxylic acids is 1. The summed E-state index contributed by atoms with van der Waals surface area (Å²) in [4.78, 5) is 29.2. The van der Waals surface area contributed by atoms with Gasteiger partial charge in [0.25, 0.3) is 0 Å². The number of aliphatic carboxylic acids is 1. The smallest absolute Gasteiger partial charge is 0.321 e. The van der Waals surface area contributed by atoms with Crippen LogP contribution in [0.25, 0.3) is 0 Å². The van der Waals surface area contributed by atoms with Gasteiger partial charge in [0, 0.05) is 35.2 Å². The van der Waals surface area contributed by atoms with Crippen LogP contribution < -0.4 is 5.32 Å². The van der Waals surface area contributed by atoms with E-state index < -0.39 is 5.97 Å². The molecular weight excluding hydrogens is 334 g/mol. The van der Waals surface area contributed by atoms with Gasteiger partial charge in [0.2, 0.25) is 0 Å². The second-order valence-corrected chi connectivity index (χ2v) is 7.06. The van der Waals surface area contributed by atoms with Gasteiger partial charge in [0.05, 0.1) is 6.42 Å². The molecule has 0 aliphatic heterocycles. The Morgan fingerprint density at radius 2 is 2.04 bits per heavy atom. The third-order valence-corrected chi connectivity index (χ3v) is 4.98. The molecule has 2 rings (SSSR count). The number of amides is 2. The van der Waals surface area contributed by atoms with Crippen LogP contribution in [0.3, 0.4) is 0 Å². The molecule has 2 N–H and O–H groups in total. The van der Waals surface area contributed by atoms with Crippen molar-refractivity contribution >= 4 is 40.8 Å². The SMILES string of the molecule is Cc1csc(Sc2ccc(NC(=O)N(C)CCC(=O)O)cc2)n1. The van der Waals surface area contributed by atoms with Gasteiger partial charge in [-0.25, -0.2) is 9.78 Å². The quantitative estimate of drug-likeness (QED) is 0.832. The minimum Gasteiger partial charge on any atom is -0.481 e. The van der Waals surface area contributed by atoms with Crippen LogP contribution in [0.1, 0.15) is 12.1 Å². The van der Waals surface area contributed by atoms with Crippen molar-refractivity contribution in [2.75, 3.05) is 18.9 Å². The topological polar surface area (TPSA) is 82.5 Å². The van der Waals surface area contributed by atoms with E-state index in [-0.39, 0.29) is 19.0 Å². The van der Waals surface area contributed by atoms with Crippen molar-refractivity contribution in [3.63, 3.8) is 0 Å². The Hall–Kier alpha value is -2.06. The molecule has 0 radical (unpaired) electrons. The van der Waals surface area contributed by atoms with Crippen molar-refractivity contribution in [3.8, 4) is 0 Å². The number of benzene rings is 1. The van der Waals surface area contributed by atoms with Gasteiger partial charge in [0.15, 0.2) is 4.34 Å². The number of anilines is 1. The van der Waals surface area contributed by atoms with Crippen LogP contribution >= 0.6 is 23.1 Å². The summed E-state index contributed by atoms with van der Waals surface area (Å²) in [6.07, 6.45) is -0.0767. The van der Waals surface area contributed by atoms with E-state index >= 15 is 0 Å². The van der Waals surface area contributed by atoms with Gasteiger partial charge in [-0.1, -0.05) is 11.8 Å². The highest BCUT2D eigenvalue weighted by molar-refractivity contribution is 8.01. The van der Waals surface area contributed by atoms with E-state index in [4.69, 9.17) is 5.11 Å². The molecule has 0 aliphatic rings. The molecule has 0 bridgehead atoms. The minimum absolute atomic E-state index is 0.0767. The maximum absolute atomic E-state index is 11.9. The molecule has 8 heteroatoms. The molecule has 0 spiro atoms. The molecule has 0 saturated carbocycles. The lowest BCUT2D eigenvalue weighted by Gasteiger charge is -2.17. The number of urea groups is 1. The molecule has 6 nitrogen and oxygen atoms in total. The van der Waals surface area contributed by atoms with Gasteiger partial charge in [-0.3, -0.25) is 4.79 Å². The third-order valence-electron chi connectivity index (χ3n) is 2.92. The molecule has 0 fully saturated rings. The first-order valence-corrected chi connectivity index (χ1v) is 8.57. The summed E-state index contributed by atoms with van der Waals surface area (Å²) in [5, 5.41) is 13.4. The predicted octanol–water partition coefficient (Wildman–Crippen LogP) is 3.54. The summed E-state index contributed by atoms with van der Waals surface area (Å²) in [6, 6.07) is 7.11. The van der Waals surface area contributed by atoms with E-state index in [1.165, 1.54) is 4.90 Å². The molecule has 122 valence electrons. The molecule has 1 heterocycles. The number of carboxylic acid groups (broad SMARTS) is 1. The molecule has 1 aromatic heterocycles. The standard InChI is InChI=1S/C15H17N3O3S2/c1-10-9-22-15(16-10)23-12-5-3-11(4-6-12)17-14(21)18(2)8-7-13(19)20/h3-6,9H,7-8H2,1-2H3,(H,17,21)(H,19,20). The van der Waals surface area contributed by atoms with E-state index in [2.05, 4.69) is 10.3 Å². The molecule has 0 unspecified atom stereocenters. The Kier molecular flexibility index (Phi) is 6.00. The molecule has 0 atom stereocenters. The van der Waals surface area contributed by atoms with Crippen LogP contribution in [-0.2, 0) is 4.79 Å². The fourth-order valence-electron chi connectivity index (χ4n) is 1.67. The van der Waals surface area contributed by atoms with Crippen molar-refractivity contribution < 1.29 is 14.7 Å². The molecule has 23 heavy (non-hydrogen) atoms. The van der Waals surface area contributed by atoms with Gasteiger partial charge in [-0.15, -0.1) is 11.3 Å². The van der Waals surface area contributed by atoms with E-state index in [1.807, 2.05) is 36.6 Å². The number of aromatic nitrogens is 1.